The van der Waals surface area contributed by atoms with Crippen molar-refractivity contribution in [3.8, 4) is 17.2 Å². The van der Waals surface area contributed by atoms with Crippen molar-refractivity contribution in [3.05, 3.63) is 108 Å². The van der Waals surface area contributed by atoms with Gasteiger partial charge in [-0.1, -0.05) is 29.0 Å². The maximum absolute atomic E-state index is 14.1. The summed E-state index contributed by atoms with van der Waals surface area (Å²) in [6.45, 7) is 9.86. The normalized spacial score (nSPS) is 15.0. The lowest BCUT2D eigenvalue weighted by Crippen LogP contribution is -2.40. The first-order valence-electron chi connectivity index (χ1n) is 13.4. The molecule has 3 heterocycles. The second-order valence-electron chi connectivity index (χ2n) is 9.91. The van der Waals surface area contributed by atoms with Crippen LogP contribution in [0.4, 0.5) is 0 Å². The van der Waals surface area contributed by atoms with Crippen molar-refractivity contribution in [1.82, 2.24) is 9.13 Å². The van der Waals surface area contributed by atoms with Gasteiger partial charge in [0.1, 0.15) is 17.5 Å². The van der Waals surface area contributed by atoms with Gasteiger partial charge in [-0.25, -0.2) is 9.79 Å². The van der Waals surface area contributed by atoms with Crippen LogP contribution in [0, 0.1) is 20.8 Å². The summed E-state index contributed by atoms with van der Waals surface area (Å²) in [5.74, 6) is 0.562. The van der Waals surface area contributed by atoms with Crippen LogP contribution < -0.4 is 24.4 Å². The quantitative estimate of drug-likeness (QED) is 0.305. The maximum atomic E-state index is 14.1. The van der Waals surface area contributed by atoms with Crippen molar-refractivity contribution in [1.29, 1.82) is 0 Å². The Morgan fingerprint density at radius 1 is 1.02 bits per heavy atom. The fraction of sp³-hybridized carbons (Fsp3) is 0.281. The Morgan fingerprint density at radius 2 is 1.76 bits per heavy atom. The maximum Gasteiger partial charge on any atom is 0.338 e. The zero-order valence-electron chi connectivity index (χ0n) is 24.3. The average molecular weight is 572 g/mol. The summed E-state index contributed by atoms with van der Waals surface area (Å²) < 4.78 is 20.8. The van der Waals surface area contributed by atoms with Crippen molar-refractivity contribution in [3.63, 3.8) is 0 Å². The van der Waals surface area contributed by atoms with Gasteiger partial charge in [-0.05, 0) is 82.7 Å². The van der Waals surface area contributed by atoms with E-state index in [0.29, 0.717) is 32.1 Å². The van der Waals surface area contributed by atoms with Crippen LogP contribution in [0.1, 0.15) is 48.0 Å². The van der Waals surface area contributed by atoms with E-state index in [4.69, 9.17) is 19.2 Å². The molecule has 0 aliphatic carbocycles. The highest BCUT2D eigenvalue weighted by Gasteiger charge is 2.35. The molecule has 0 radical (unpaired) electrons. The first-order valence-corrected chi connectivity index (χ1v) is 14.2. The third kappa shape index (κ3) is 5.02. The van der Waals surface area contributed by atoms with Crippen LogP contribution in [0.15, 0.2) is 69.6 Å². The third-order valence-corrected chi connectivity index (χ3v) is 8.28. The monoisotopic (exact) mass is 571 g/mol. The summed E-state index contributed by atoms with van der Waals surface area (Å²) in [7, 11) is 3.12. The molecule has 0 N–H and O–H groups in total. The fourth-order valence-electron chi connectivity index (χ4n) is 5.30. The van der Waals surface area contributed by atoms with E-state index in [1.54, 1.807) is 50.8 Å². The number of benzene rings is 2. The van der Waals surface area contributed by atoms with Crippen LogP contribution in [0.3, 0.4) is 0 Å². The van der Waals surface area contributed by atoms with E-state index in [9.17, 15) is 9.59 Å². The number of hydrogen-bond acceptors (Lipinski definition) is 7. The first kappa shape index (κ1) is 28.2. The van der Waals surface area contributed by atoms with Crippen LogP contribution in [0.2, 0.25) is 0 Å². The molecule has 0 unspecified atom stereocenters. The van der Waals surface area contributed by atoms with Crippen molar-refractivity contribution >= 4 is 23.4 Å². The SMILES string of the molecule is CCOC(=O)C1=C(C)N=c2s/c(=C/c3cc(C)n(-c4ccc(C)cc4)c3C)c(=O)n2[C@H]1c1cc(OC)ccc1OC. The number of aromatic nitrogens is 2. The predicted molar refractivity (Wildman–Crippen MR) is 160 cm³/mol. The molecular weight excluding hydrogens is 538 g/mol. The Balaban J connectivity index is 1.73. The summed E-state index contributed by atoms with van der Waals surface area (Å²) in [4.78, 5) is 32.6. The highest BCUT2D eigenvalue weighted by molar-refractivity contribution is 7.07. The number of aryl methyl sites for hydroxylation is 2. The Bertz CT molecular complexity index is 1860. The lowest BCUT2D eigenvalue weighted by molar-refractivity contribution is -0.139. The standard InChI is InChI=1S/C32H33N3O5S/c1-8-40-31(37)28-20(4)33-32-35(29(28)25-17-24(38-6)13-14-26(25)39-7)30(36)27(41-32)16-22-15-19(3)34(21(22)5)23-11-9-18(2)10-12-23/h9-17,29H,8H2,1-7H3/b27-16+/t29-/m0/s1. The largest absolute Gasteiger partial charge is 0.497 e. The van der Waals surface area contributed by atoms with Crippen LogP contribution in [-0.2, 0) is 9.53 Å². The lowest BCUT2D eigenvalue weighted by Gasteiger charge is -2.26. The van der Waals surface area contributed by atoms with Gasteiger partial charge in [0.25, 0.3) is 5.56 Å². The molecule has 0 spiro atoms. The average Bonchev–Trinajstić information content (AvgIpc) is 3.41. The number of fused-ring (bicyclic) bond motifs is 1. The smallest absolute Gasteiger partial charge is 0.338 e. The van der Waals surface area contributed by atoms with E-state index in [-0.39, 0.29) is 17.7 Å². The highest BCUT2D eigenvalue weighted by atomic mass is 32.1. The van der Waals surface area contributed by atoms with E-state index in [0.717, 1.165) is 22.6 Å². The number of methoxy groups -OCH3 is 2. The molecule has 5 rings (SSSR count). The summed E-state index contributed by atoms with van der Waals surface area (Å²) in [5, 5.41) is 0. The fourth-order valence-corrected chi connectivity index (χ4v) is 6.34. The molecule has 41 heavy (non-hydrogen) atoms. The number of thiazole rings is 1. The van der Waals surface area contributed by atoms with Crippen molar-refractivity contribution < 1.29 is 19.0 Å². The van der Waals surface area contributed by atoms with Crippen LogP contribution >= 0.6 is 11.3 Å². The Kier molecular flexibility index (Phi) is 7.73. The van der Waals surface area contributed by atoms with Gasteiger partial charge in [-0.3, -0.25) is 9.36 Å². The molecular formula is C32H33N3O5S. The number of esters is 1. The summed E-state index contributed by atoms with van der Waals surface area (Å²) in [6.07, 6.45) is 1.90. The topological polar surface area (TPSA) is 84.1 Å². The number of hydrogen-bond donors (Lipinski definition) is 0. The summed E-state index contributed by atoms with van der Waals surface area (Å²) in [6, 6.07) is 14.9. The molecule has 0 bridgehead atoms. The molecule has 1 atom stereocenters. The second-order valence-corrected chi connectivity index (χ2v) is 10.9. The minimum atomic E-state index is -0.808. The molecule has 0 saturated heterocycles. The molecule has 0 amide bonds. The zero-order chi connectivity index (χ0) is 29.4. The number of carbonyl (C=O) groups is 1. The van der Waals surface area contributed by atoms with Crippen molar-refractivity contribution in [2.75, 3.05) is 20.8 Å². The molecule has 2 aromatic heterocycles. The van der Waals surface area contributed by atoms with E-state index in [1.165, 1.54) is 16.9 Å². The van der Waals surface area contributed by atoms with Crippen molar-refractivity contribution in [2.45, 2.75) is 40.7 Å². The van der Waals surface area contributed by atoms with E-state index < -0.39 is 12.0 Å². The second kappa shape index (κ2) is 11.2. The predicted octanol–water partition coefficient (Wildman–Crippen LogP) is 4.53. The molecule has 8 nitrogen and oxygen atoms in total. The molecule has 9 heteroatoms. The van der Waals surface area contributed by atoms with E-state index >= 15 is 0 Å². The minimum Gasteiger partial charge on any atom is -0.497 e. The van der Waals surface area contributed by atoms with Crippen LogP contribution in [0.25, 0.3) is 11.8 Å². The molecule has 0 fully saturated rings. The molecule has 1 aliphatic rings. The summed E-state index contributed by atoms with van der Waals surface area (Å²) >= 11 is 1.29. The van der Waals surface area contributed by atoms with Crippen LogP contribution in [0.5, 0.6) is 11.5 Å². The first-order chi connectivity index (χ1) is 19.7. The van der Waals surface area contributed by atoms with Gasteiger partial charge in [0, 0.05) is 22.6 Å². The lowest BCUT2D eigenvalue weighted by atomic mass is 9.94. The van der Waals surface area contributed by atoms with Gasteiger partial charge in [-0.2, -0.15) is 0 Å². The third-order valence-electron chi connectivity index (χ3n) is 7.30. The minimum absolute atomic E-state index is 0.193. The zero-order valence-corrected chi connectivity index (χ0v) is 25.1. The van der Waals surface area contributed by atoms with Gasteiger partial charge in [0.15, 0.2) is 4.80 Å². The van der Waals surface area contributed by atoms with Gasteiger partial charge >= 0.3 is 5.97 Å². The van der Waals surface area contributed by atoms with Crippen LogP contribution in [-0.4, -0.2) is 35.9 Å². The van der Waals surface area contributed by atoms with E-state index in [1.807, 2.05) is 13.0 Å². The van der Waals surface area contributed by atoms with Gasteiger partial charge in [0.05, 0.1) is 36.6 Å². The Hall–Kier alpha value is -4.37. The molecule has 4 aromatic rings. The Labute approximate surface area is 242 Å². The van der Waals surface area contributed by atoms with Crippen molar-refractivity contribution in [2.24, 2.45) is 4.99 Å². The van der Waals surface area contributed by atoms with Gasteiger partial charge < -0.3 is 18.8 Å². The molecule has 2 aromatic carbocycles. The molecule has 1 aliphatic heterocycles. The summed E-state index contributed by atoms with van der Waals surface area (Å²) in [5.41, 5.74) is 6.40. The van der Waals surface area contributed by atoms with E-state index in [2.05, 4.69) is 48.7 Å². The number of nitrogens with zero attached hydrogens (tertiary/aromatic N) is 3. The van der Waals surface area contributed by atoms with Gasteiger partial charge in [0.2, 0.25) is 0 Å². The number of carbonyl (C=O) groups excluding carboxylic acids is 1. The highest BCUT2D eigenvalue weighted by Crippen LogP contribution is 2.37. The molecule has 212 valence electrons. The Morgan fingerprint density at radius 3 is 2.41 bits per heavy atom. The molecule has 0 saturated carbocycles. The number of allylic oxidation sites excluding steroid dienone is 1. The number of ether oxygens (including phenoxy) is 3. The number of rotatable bonds is 7. The van der Waals surface area contributed by atoms with Gasteiger partial charge in [-0.15, -0.1) is 0 Å².